The first-order valence-corrected chi connectivity index (χ1v) is 7.70. The number of hydrogen-bond donors (Lipinski definition) is 2. The Kier molecular flexibility index (Phi) is 3.85. The van der Waals surface area contributed by atoms with Gasteiger partial charge in [-0.15, -0.1) is 11.3 Å². The molecule has 22 heavy (non-hydrogen) atoms. The first kappa shape index (κ1) is 14.6. The van der Waals surface area contributed by atoms with Gasteiger partial charge < -0.3 is 14.9 Å². The molecule has 2 N–H and O–H groups in total. The fourth-order valence-electron chi connectivity index (χ4n) is 2.56. The number of aromatic hydroxyl groups is 2. The molecule has 2 aromatic rings. The van der Waals surface area contributed by atoms with Crippen molar-refractivity contribution in [2.24, 2.45) is 4.99 Å². The predicted molar refractivity (Wildman–Crippen MR) is 84.7 cm³/mol. The summed E-state index contributed by atoms with van der Waals surface area (Å²) in [5.74, 6) is -0.450. The van der Waals surface area contributed by atoms with Crippen LogP contribution in [0.5, 0.6) is 11.5 Å². The Bertz CT molecular complexity index is 764. The Morgan fingerprint density at radius 3 is 2.91 bits per heavy atom. The molecule has 1 aromatic carbocycles. The van der Waals surface area contributed by atoms with Crippen molar-refractivity contribution in [2.75, 3.05) is 7.11 Å². The van der Waals surface area contributed by atoms with Gasteiger partial charge in [0.1, 0.15) is 16.5 Å². The summed E-state index contributed by atoms with van der Waals surface area (Å²) in [7, 11) is 1.36. The van der Waals surface area contributed by atoms with E-state index in [9.17, 15) is 15.0 Å². The fourth-order valence-corrected chi connectivity index (χ4v) is 3.78. The van der Waals surface area contributed by atoms with Crippen molar-refractivity contribution in [1.82, 2.24) is 0 Å². The molecule has 5 nitrogen and oxygen atoms in total. The number of rotatable bonds is 3. The Morgan fingerprint density at radius 1 is 1.36 bits per heavy atom. The van der Waals surface area contributed by atoms with E-state index in [-0.39, 0.29) is 17.5 Å². The molecule has 0 saturated heterocycles. The van der Waals surface area contributed by atoms with Gasteiger partial charge in [-0.25, -0.2) is 9.79 Å². The molecule has 0 atom stereocenters. The molecule has 0 aliphatic heterocycles. The van der Waals surface area contributed by atoms with Crippen LogP contribution in [0.1, 0.15) is 32.8 Å². The SMILES string of the molecule is COC(=O)c1c(N=Cc2ccc(O)cc2O)sc2c1CCC2. The van der Waals surface area contributed by atoms with Crippen LogP contribution in [0.2, 0.25) is 0 Å². The number of nitrogens with zero attached hydrogens (tertiary/aromatic N) is 1. The van der Waals surface area contributed by atoms with E-state index in [0.29, 0.717) is 16.1 Å². The zero-order valence-corrected chi connectivity index (χ0v) is 12.8. The number of fused-ring (bicyclic) bond motifs is 1. The molecule has 1 aromatic heterocycles. The molecule has 0 bridgehead atoms. The highest BCUT2D eigenvalue weighted by Gasteiger charge is 2.26. The zero-order chi connectivity index (χ0) is 15.7. The molecule has 0 saturated carbocycles. The number of phenols is 2. The van der Waals surface area contributed by atoms with Gasteiger partial charge in [0.15, 0.2) is 0 Å². The number of hydrogen-bond acceptors (Lipinski definition) is 6. The number of carbonyl (C=O) groups is 1. The van der Waals surface area contributed by atoms with Crippen molar-refractivity contribution in [3.8, 4) is 11.5 Å². The number of ether oxygens (including phenoxy) is 1. The minimum atomic E-state index is -0.374. The van der Waals surface area contributed by atoms with E-state index < -0.39 is 0 Å². The van der Waals surface area contributed by atoms with Gasteiger partial charge >= 0.3 is 5.97 Å². The fraction of sp³-hybridized carbons (Fsp3) is 0.250. The molecule has 0 unspecified atom stereocenters. The topological polar surface area (TPSA) is 79.1 Å². The maximum atomic E-state index is 12.0. The average Bonchev–Trinajstić information content (AvgIpc) is 3.06. The molecule has 114 valence electrons. The van der Waals surface area contributed by atoms with Crippen molar-refractivity contribution in [3.05, 3.63) is 39.8 Å². The Morgan fingerprint density at radius 2 is 2.18 bits per heavy atom. The van der Waals surface area contributed by atoms with Crippen molar-refractivity contribution < 1.29 is 19.7 Å². The van der Waals surface area contributed by atoms with Gasteiger partial charge in [0.2, 0.25) is 0 Å². The first-order chi connectivity index (χ1) is 10.6. The van der Waals surface area contributed by atoms with E-state index in [4.69, 9.17) is 4.74 Å². The highest BCUT2D eigenvalue weighted by atomic mass is 32.1. The van der Waals surface area contributed by atoms with Crippen molar-refractivity contribution >= 4 is 28.5 Å². The molecule has 1 aliphatic rings. The summed E-state index contributed by atoms with van der Waals surface area (Å²) in [6.45, 7) is 0. The molecular formula is C16H15NO4S. The molecular weight excluding hydrogens is 302 g/mol. The van der Waals surface area contributed by atoms with Crippen molar-refractivity contribution in [3.63, 3.8) is 0 Å². The number of esters is 1. The van der Waals surface area contributed by atoms with Gasteiger partial charge in [0.05, 0.1) is 12.7 Å². The summed E-state index contributed by atoms with van der Waals surface area (Å²) in [6.07, 6.45) is 4.37. The van der Waals surface area contributed by atoms with Gasteiger partial charge in [0, 0.05) is 22.7 Å². The number of benzene rings is 1. The smallest absolute Gasteiger partial charge is 0.341 e. The molecule has 1 aliphatic carbocycles. The van der Waals surface area contributed by atoms with Crippen LogP contribution in [0.4, 0.5) is 5.00 Å². The molecule has 1 heterocycles. The second-order valence-electron chi connectivity index (χ2n) is 5.03. The summed E-state index contributed by atoms with van der Waals surface area (Å²) in [4.78, 5) is 17.5. The summed E-state index contributed by atoms with van der Waals surface area (Å²) in [5, 5.41) is 19.7. The lowest BCUT2D eigenvalue weighted by molar-refractivity contribution is 0.0601. The van der Waals surface area contributed by atoms with Crippen LogP contribution < -0.4 is 0 Å². The minimum absolute atomic E-state index is 0.0139. The Balaban J connectivity index is 1.98. The second kappa shape index (κ2) is 5.81. The lowest BCUT2D eigenvalue weighted by Gasteiger charge is -2.02. The van der Waals surface area contributed by atoms with E-state index in [1.165, 1.54) is 41.7 Å². The molecule has 0 amide bonds. The van der Waals surface area contributed by atoms with Gasteiger partial charge in [-0.05, 0) is 37.0 Å². The lowest BCUT2D eigenvalue weighted by Crippen LogP contribution is -2.03. The normalized spacial score (nSPS) is 13.5. The summed E-state index contributed by atoms with van der Waals surface area (Å²) < 4.78 is 4.86. The number of aliphatic imine (C=N–C) groups is 1. The summed E-state index contributed by atoms with van der Waals surface area (Å²) >= 11 is 1.49. The maximum absolute atomic E-state index is 12.0. The molecule has 0 fully saturated rings. The quantitative estimate of drug-likeness (QED) is 0.673. The Hall–Kier alpha value is -2.34. The van der Waals surface area contributed by atoms with Crippen molar-refractivity contribution in [2.45, 2.75) is 19.3 Å². The van der Waals surface area contributed by atoms with Gasteiger partial charge in [-0.2, -0.15) is 0 Å². The first-order valence-electron chi connectivity index (χ1n) is 6.89. The van der Waals surface area contributed by atoms with Crippen LogP contribution in [0.25, 0.3) is 0 Å². The highest BCUT2D eigenvalue weighted by Crippen LogP contribution is 2.41. The third-order valence-electron chi connectivity index (χ3n) is 3.63. The highest BCUT2D eigenvalue weighted by molar-refractivity contribution is 7.16. The van der Waals surface area contributed by atoms with Crippen LogP contribution in [0, 0.1) is 0 Å². The van der Waals surface area contributed by atoms with Crippen LogP contribution >= 0.6 is 11.3 Å². The number of thiophene rings is 1. The monoisotopic (exact) mass is 317 g/mol. The largest absolute Gasteiger partial charge is 0.508 e. The molecule has 6 heteroatoms. The molecule has 0 radical (unpaired) electrons. The third kappa shape index (κ3) is 2.57. The average molecular weight is 317 g/mol. The third-order valence-corrected chi connectivity index (χ3v) is 4.83. The number of phenolic OH excluding ortho intramolecular Hbond substituents is 2. The van der Waals surface area contributed by atoms with E-state index >= 15 is 0 Å². The van der Waals surface area contributed by atoms with Crippen LogP contribution in [0.15, 0.2) is 23.2 Å². The Labute approximate surface area is 131 Å². The van der Waals surface area contributed by atoms with E-state index in [1.807, 2.05) is 0 Å². The van der Waals surface area contributed by atoms with E-state index in [2.05, 4.69) is 4.99 Å². The lowest BCUT2D eigenvalue weighted by atomic mass is 10.1. The van der Waals surface area contributed by atoms with E-state index in [0.717, 1.165) is 24.8 Å². The van der Waals surface area contributed by atoms with Crippen LogP contribution in [-0.2, 0) is 17.6 Å². The summed E-state index contributed by atoms with van der Waals surface area (Å²) in [5.41, 5.74) is 2.05. The predicted octanol–water partition coefficient (Wildman–Crippen LogP) is 3.19. The number of aryl methyl sites for hydroxylation is 1. The zero-order valence-electron chi connectivity index (χ0n) is 12.0. The maximum Gasteiger partial charge on any atom is 0.341 e. The summed E-state index contributed by atoms with van der Waals surface area (Å²) in [6, 6.07) is 4.28. The van der Waals surface area contributed by atoms with Gasteiger partial charge in [0.25, 0.3) is 0 Å². The van der Waals surface area contributed by atoms with E-state index in [1.54, 1.807) is 6.07 Å². The van der Waals surface area contributed by atoms with Crippen molar-refractivity contribution in [1.29, 1.82) is 0 Å². The molecule has 0 spiro atoms. The van der Waals surface area contributed by atoms with Gasteiger partial charge in [-0.3, -0.25) is 0 Å². The van der Waals surface area contributed by atoms with Gasteiger partial charge in [-0.1, -0.05) is 0 Å². The number of methoxy groups -OCH3 is 1. The second-order valence-corrected chi connectivity index (χ2v) is 6.11. The standard InChI is InChI=1S/C16H15NO4S/c1-21-16(20)14-11-3-2-4-13(11)22-15(14)17-8-9-5-6-10(18)7-12(9)19/h5-8,18-19H,2-4H2,1H3. The molecule has 3 rings (SSSR count). The van der Waals surface area contributed by atoms with Crippen LogP contribution in [0.3, 0.4) is 0 Å². The number of carbonyl (C=O) groups excluding carboxylic acids is 1. The van der Waals surface area contributed by atoms with Crippen LogP contribution in [-0.4, -0.2) is 29.5 Å². The minimum Gasteiger partial charge on any atom is -0.508 e.